The molecule has 1 saturated heterocycles. The van der Waals surface area contributed by atoms with Gasteiger partial charge in [-0.15, -0.1) is 5.10 Å². The summed E-state index contributed by atoms with van der Waals surface area (Å²) in [7, 11) is 0. The largest absolute Gasteiger partial charge is 0.347 e. The predicted molar refractivity (Wildman–Crippen MR) is 120 cm³/mol. The van der Waals surface area contributed by atoms with Gasteiger partial charge >= 0.3 is 0 Å². The summed E-state index contributed by atoms with van der Waals surface area (Å²) in [4.78, 5) is 27.6. The average molecular weight is 448 g/mol. The van der Waals surface area contributed by atoms with E-state index in [0.29, 0.717) is 13.1 Å². The molecule has 2 aliphatic rings. The average Bonchev–Trinajstić information content (AvgIpc) is 3.39. The van der Waals surface area contributed by atoms with Crippen LogP contribution in [0.3, 0.4) is 0 Å². The molecule has 1 aliphatic heterocycles. The molecule has 2 aromatic carbocycles. The number of aromatic nitrogens is 3. The highest BCUT2D eigenvalue weighted by molar-refractivity contribution is 5.92. The van der Waals surface area contributed by atoms with Crippen molar-refractivity contribution in [2.24, 2.45) is 0 Å². The summed E-state index contributed by atoms with van der Waals surface area (Å²) in [6, 6.07) is 19.0. The number of benzene rings is 2. The van der Waals surface area contributed by atoms with Crippen LogP contribution in [0.15, 0.2) is 66.9 Å². The van der Waals surface area contributed by atoms with Crippen molar-refractivity contribution in [3.05, 3.63) is 83.7 Å². The third-order valence-corrected chi connectivity index (χ3v) is 6.58. The number of alkyl halides is 1. The predicted octanol–water partition coefficient (Wildman–Crippen LogP) is 2.88. The molecule has 3 aromatic rings. The van der Waals surface area contributed by atoms with Crippen molar-refractivity contribution < 1.29 is 14.0 Å². The van der Waals surface area contributed by atoms with Crippen LogP contribution < -0.4 is 5.32 Å². The van der Waals surface area contributed by atoms with Crippen molar-refractivity contribution in [2.75, 3.05) is 6.54 Å². The fourth-order valence-corrected chi connectivity index (χ4v) is 4.64. The van der Waals surface area contributed by atoms with Crippen molar-refractivity contribution in [1.82, 2.24) is 25.2 Å². The van der Waals surface area contributed by atoms with E-state index in [1.54, 1.807) is 11.1 Å². The number of nitrogens with zero attached hydrogens (tertiary/aromatic N) is 4. The van der Waals surface area contributed by atoms with E-state index in [1.807, 2.05) is 60.7 Å². The summed E-state index contributed by atoms with van der Waals surface area (Å²) in [5.74, 6) is -0.339. The maximum Gasteiger partial charge on any atom is 0.273 e. The fourth-order valence-electron chi connectivity index (χ4n) is 4.64. The molecule has 1 aromatic heterocycles. The highest BCUT2D eigenvalue weighted by Gasteiger charge is 2.55. The summed E-state index contributed by atoms with van der Waals surface area (Å²) >= 11 is 0. The second kappa shape index (κ2) is 8.77. The van der Waals surface area contributed by atoms with Gasteiger partial charge < -0.3 is 10.2 Å². The lowest BCUT2D eigenvalue weighted by molar-refractivity contribution is -0.135. The Labute approximate surface area is 191 Å². The molecule has 0 bridgehead atoms. The number of amides is 2. The zero-order chi connectivity index (χ0) is 22.8. The zero-order valence-corrected chi connectivity index (χ0v) is 18.2. The van der Waals surface area contributed by atoms with E-state index in [9.17, 15) is 14.0 Å². The summed E-state index contributed by atoms with van der Waals surface area (Å²) in [6.07, 6.45) is 2.31. The Morgan fingerprint density at radius 2 is 1.76 bits per heavy atom. The maximum atomic E-state index is 14.4. The number of nitrogens with one attached hydrogen (secondary N) is 1. The first-order valence-electron chi connectivity index (χ1n) is 11.3. The van der Waals surface area contributed by atoms with Crippen LogP contribution in [0.25, 0.3) is 0 Å². The van der Waals surface area contributed by atoms with Crippen molar-refractivity contribution in [3.63, 3.8) is 0 Å². The standard InChI is InChI=1S/C25H26FN5O2/c26-20-13-21(31(15-20)24(33)25(11-12-25)19-9-5-2-6-10-19)16-30-17-22(28-29-30)23(32)27-14-18-7-3-1-4-8-18/h1-10,17,20-21H,11-16H2,(H,27,32). The highest BCUT2D eigenvalue weighted by Crippen LogP contribution is 2.50. The van der Waals surface area contributed by atoms with Crippen LogP contribution in [-0.4, -0.2) is 50.5 Å². The lowest BCUT2D eigenvalue weighted by Crippen LogP contribution is -2.44. The third kappa shape index (κ3) is 4.37. The van der Waals surface area contributed by atoms with Crippen LogP contribution in [0.5, 0.6) is 0 Å². The van der Waals surface area contributed by atoms with Crippen molar-refractivity contribution in [2.45, 2.75) is 50.0 Å². The molecule has 2 unspecified atom stereocenters. The molecule has 2 heterocycles. The van der Waals surface area contributed by atoms with E-state index >= 15 is 0 Å². The van der Waals surface area contributed by atoms with Crippen molar-refractivity contribution >= 4 is 11.8 Å². The normalized spacial score (nSPS) is 21.1. The van der Waals surface area contributed by atoms with Gasteiger partial charge in [0.05, 0.1) is 30.7 Å². The van der Waals surface area contributed by atoms with E-state index in [2.05, 4.69) is 15.6 Å². The molecular formula is C25H26FN5O2. The van der Waals surface area contributed by atoms with Gasteiger partial charge in [-0.25, -0.2) is 9.07 Å². The van der Waals surface area contributed by atoms with Gasteiger partial charge in [0.15, 0.2) is 5.69 Å². The van der Waals surface area contributed by atoms with E-state index < -0.39 is 11.6 Å². The van der Waals surface area contributed by atoms with Gasteiger partial charge in [-0.1, -0.05) is 65.9 Å². The first-order valence-corrected chi connectivity index (χ1v) is 11.3. The Morgan fingerprint density at radius 3 is 2.45 bits per heavy atom. The number of halogens is 1. The number of hydrogen-bond acceptors (Lipinski definition) is 4. The van der Waals surface area contributed by atoms with Crippen LogP contribution in [-0.2, 0) is 23.3 Å². The molecule has 2 fully saturated rings. The molecule has 33 heavy (non-hydrogen) atoms. The number of carbonyl (C=O) groups is 2. The molecule has 0 spiro atoms. The summed E-state index contributed by atoms with van der Waals surface area (Å²) < 4.78 is 15.9. The van der Waals surface area contributed by atoms with Crippen molar-refractivity contribution in [1.29, 1.82) is 0 Å². The van der Waals surface area contributed by atoms with Crippen LogP contribution in [0.2, 0.25) is 0 Å². The Bertz CT molecular complexity index is 1130. The highest BCUT2D eigenvalue weighted by atomic mass is 19.1. The first kappa shape index (κ1) is 21.3. The topological polar surface area (TPSA) is 80.1 Å². The molecule has 5 rings (SSSR count). The molecule has 170 valence electrons. The van der Waals surface area contributed by atoms with Gasteiger partial charge in [0.25, 0.3) is 5.91 Å². The Balaban J connectivity index is 1.25. The zero-order valence-electron chi connectivity index (χ0n) is 18.2. The Kier molecular flexibility index (Phi) is 5.66. The molecule has 1 saturated carbocycles. The number of hydrogen-bond donors (Lipinski definition) is 1. The molecule has 1 N–H and O–H groups in total. The maximum absolute atomic E-state index is 14.4. The van der Waals surface area contributed by atoms with E-state index in [-0.39, 0.29) is 36.5 Å². The lowest BCUT2D eigenvalue weighted by Gasteiger charge is -2.28. The van der Waals surface area contributed by atoms with Gasteiger partial charge in [0, 0.05) is 13.0 Å². The minimum absolute atomic E-state index is 0.0141. The second-order valence-corrected chi connectivity index (χ2v) is 8.89. The number of rotatable bonds is 7. The van der Waals surface area contributed by atoms with Gasteiger partial charge in [-0.2, -0.15) is 0 Å². The minimum atomic E-state index is -1.07. The quantitative estimate of drug-likeness (QED) is 0.604. The molecular weight excluding hydrogens is 421 g/mol. The fraction of sp³-hybridized carbons (Fsp3) is 0.360. The van der Waals surface area contributed by atoms with Gasteiger partial charge in [0.2, 0.25) is 5.91 Å². The molecule has 7 nitrogen and oxygen atoms in total. The summed E-state index contributed by atoms with van der Waals surface area (Å²) in [5, 5.41) is 10.9. The van der Waals surface area contributed by atoms with Crippen molar-refractivity contribution in [3.8, 4) is 0 Å². The number of likely N-dealkylation sites (tertiary alicyclic amines) is 1. The molecule has 1 aliphatic carbocycles. The van der Waals surface area contributed by atoms with Gasteiger partial charge in [-0.3, -0.25) is 9.59 Å². The molecule has 8 heteroatoms. The van der Waals surface area contributed by atoms with Crippen LogP contribution in [0.1, 0.15) is 40.9 Å². The molecule has 0 radical (unpaired) electrons. The summed E-state index contributed by atoms with van der Waals surface area (Å²) in [6.45, 7) is 0.787. The minimum Gasteiger partial charge on any atom is -0.347 e. The number of carbonyl (C=O) groups excluding carboxylic acids is 2. The third-order valence-electron chi connectivity index (χ3n) is 6.58. The van der Waals surface area contributed by atoms with E-state index in [4.69, 9.17) is 0 Å². The van der Waals surface area contributed by atoms with Gasteiger partial charge in [0.1, 0.15) is 6.17 Å². The van der Waals surface area contributed by atoms with E-state index in [1.165, 1.54) is 4.68 Å². The first-order chi connectivity index (χ1) is 16.0. The molecule has 2 atom stereocenters. The SMILES string of the molecule is O=C(NCc1ccccc1)c1cn(CC2CC(F)CN2C(=O)C2(c3ccccc3)CC2)nn1. The lowest BCUT2D eigenvalue weighted by atomic mass is 9.94. The Hall–Kier alpha value is -3.55. The van der Waals surface area contributed by atoms with E-state index in [0.717, 1.165) is 24.0 Å². The monoisotopic (exact) mass is 447 g/mol. The molecule has 2 amide bonds. The second-order valence-electron chi connectivity index (χ2n) is 8.89. The van der Waals surface area contributed by atoms with Gasteiger partial charge in [-0.05, 0) is 24.0 Å². The van der Waals surface area contributed by atoms with Crippen LogP contribution >= 0.6 is 0 Å². The smallest absolute Gasteiger partial charge is 0.273 e. The Morgan fingerprint density at radius 1 is 1.06 bits per heavy atom. The summed E-state index contributed by atoms with van der Waals surface area (Å²) in [5.41, 5.74) is 1.64. The van der Waals surface area contributed by atoms with Crippen LogP contribution in [0.4, 0.5) is 4.39 Å². The van der Waals surface area contributed by atoms with Crippen LogP contribution in [0, 0.1) is 0 Å².